The van der Waals surface area contributed by atoms with Crippen LogP contribution in [0.4, 0.5) is 5.69 Å². The number of aromatic nitrogens is 2. The minimum absolute atomic E-state index is 0.113. The van der Waals surface area contributed by atoms with Crippen molar-refractivity contribution in [2.45, 2.75) is 20.8 Å². The first-order valence-electron chi connectivity index (χ1n) is 5.51. The predicted octanol–water partition coefficient (Wildman–Crippen LogP) is 3.43. The van der Waals surface area contributed by atoms with Gasteiger partial charge < -0.3 is 10.5 Å². The Bertz CT molecular complexity index is 599. The lowest BCUT2D eigenvalue weighted by molar-refractivity contribution is 0.457. The van der Waals surface area contributed by atoms with Crippen LogP contribution in [0.1, 0.15) is 16.7 Å². The predicted molar refractivity (Wildman–Crippen MR) is 72.2 cm³/mol. The Hall–Kier alpha value is -1.81. The fraction of sp³-hybridized carbons (Fsp3) is 0.231. The van der Waals surface area contributed by atoms with Gasteiger partial charge in [0.1, 0.15) is 11.4 Å². The third-order valence-electron chi connectivity index (χ3n) is 2.82. The SMILES string of the molecule is Cc1ccc(C)c(Oc2nc(Cl)ncc2N)c1C. The quantitative estimate of drug-likeness (QED) is 0.844. The summed E-state index contributed by atoms with van der Waals surface area (Å²) in [6.07, 6.45) is 1.44. The molecule has 0 saturated carbocycles. The van der Waals surface area contributed by atoms with E-state index in [0.29, 0.717) is 5.69 Å². The fourth-order valence-electron chi connectivity index (χ4n) is 1.62. The second kappa shape index (κ2) is 4.82. The van der Waals surface area contributed by atoms with Crippen molar-refractivity contribution < 1.29 is 4.74 Å². The van der Waals surface area contributed by atoms with Crippen LogP contribution in [-0.4, -0.2) is 9.97 Å². The molecule has 0 saturated heterocycles. The molecule has 1 aromatic carbocycles. The number of nitrogen functional groups attached to an aromatic ring is 1. The lowest BCUT2D eigenvalue weighted by Gasteiger charge is -2.13. The molecule has 1 aromatic heterocycles. The van der Waals surface area contributed by atoms with Gasteiger partial charge in [0.05, 0.1) is 6.20 Å². The number of hydrogen-bond donors (Lipinski definition) is 1. The van der Waals surface area contributed by atoms with Crippen molar-refractivity contribution in [1.82, 2.24) is 9.97 Å². The molecule has 94 valence electrons. The topological polar surface area (TPSA) is 61.0 Å². The van der Waals surface area contributed by atoms with Gasteiger partial charge in [0, 0.05) is 0 Å². The number of benzene rings is 1. The summed E-state index contributed by atoms with van der Waals surface area (Å²) >= 11 is 5.74. The molecule has 4 nitrogen and oxygen atoms in total. The van der Waals surface area contributed by atoms with E-state index in [1.807, 2.05) is 32.9 Å². The Morgan fingerprint density at radius 2 is 1.83 bits per heavy atom. The van der Waals surface area contributed by atoms with Crippen LogP contribution in [0.25, 0.3) is 0 Å². The van der Waals surface area contributed by atoms with Gasteiger partial charge in [-0.1, -0.05) is 12.1 Å². The molecule has 0 radical (unpaired) electrons. The maximum Gasteiger partial charge on any atom is 0.247 e. The largest absolute Gasteiger partial charge is 0.436 e. The molecule has 1 heterocycles. The highest BCUT2D eigenvalue weighted by atomic mass is 35.5. The summed E-state index contributed by atoms with van der Waals surface area (Å²) in [5.41, 5.74) is 9.36. The Morgan fingerprint density at radius 1 is 1.17 bits per heavy atom. The van der Waals surface area contributed by atoms with E-state index in [1.165, 1.54) is 6.20 Å². The molecule has 0 spiro atoms. The van der Waals surface area contributed by atoms with Crippen LogP contribution in [0.3, 0.4) is 0 Å². The number of aryl methyl sites for hydroxylation is 2. The molecule has 2 rings (SSSR count). The molecule has 18 heavy (non-hydrogen) atoms. The summed E-state index contributed by atoms with van der Waals surface area (Å²) in [5.74, 6) is 1.04. The Morgan fingerprint density at radius 3 is 2.56 bits per heavy atom. The average molecular weight is 264 g/mol. The van der Waals surface area contributed by atoms with Gasteiger partial charge in [0.2, 0.25) is 11.2 Å². The lowest BCUT2D eigenvalue weighted by Crippen LogP contribution is -2.00. The summed E-state index contributed by atoms with van der Waals surface area (Å²) in [5, 5.41) is 0.113. The van der Waals surface area contributed by atoms with Crippen molar-refractivity contribution in [3.8, 4) is 11.6 Å². The number of ether oxygens (including phenoxy) is 1. The number of rotatable bonds is 2. The van der Waals surface area contributed by atoms with Crippen molar-refractivity contribution in [3.05, 3.63) is 40.3 Å². The molecule has 0 unspecified atom stereocenters. The highest BCUT2D eigenvalue weighted by Crippen LogP contribution is 2.32. The van der Waals surface area contributed by atoms with Crippen LogP contribution in [-0.2, 0) is 0 Å². The molecular formula is C13H14ClN3O. The Balaban J connectivity index is 2.46. The Labute approximate surface area is 111 Å². The highest BCUT2D eigenvalue weighted by molar-refractivity contribution is 6.28. The van der Waals surface area contributed by atoms with Gasteiger partial charge >= 0.3 is 0 Å². The third kappa shape index (κ3) is 2.38. The maximum absolute atomic E-state index is 5.77. The summed E-state index contributed by atoms with van der Waals surface area (Å²) in [6, 6.07) is 4.05. The van der Waals surface area contributed by atoms with E-state index < -0.39 is 0 Å². The van der Waals surface area contributed by atoms with Gasteiger partial charge in [-0.2, -0.15) is 4.98 Å². The molecule has 0 aliphatic carbocycles. The monoisotopic (exact) mass is 263 g/mol. The first-order valence-corrected chi connectivity index (χ1v) is 5.89. The van der Waals surface area contributed by atoms with Crippen molar-refractivity contribution in [3.63, 3.8) is 0 Å². The van der Waals surface area contributed by atoms with Crippen molar-refractivity contribution in [2.75, 3.05) is 5.73 Å². The van der Waals surface area contributed by atoms with Gasteiger partial charge in [-0.3, -0.25) is 0 Å². The second-order valence-electron chi connectivity index (χ2n) is 4.16. The van der Waals surface area contributed by atoms with Crippen LogP contribution in [0.15, 0.2) is 18.3 Å². The van der Waals surface area contributed by atoms with Crippen LogP contribution in [0.2, 0.25) is 5.28 Å². The van der Waals surface area contributed by atoms with E-state index in [9.17, 15) is 0 Å². The maximum atomic E-state index is 5.77. The van der Waals surface area contributed by atoms with Crippen LogP contribution in [0, 0.1) is 20.8 Å². The summed E-state index contributed by atoms with van der Waals surface area (Å²) in [6.45, 7) is 6.00. The molecule has 0 fully saturated rings. The molecule has 2 aromatic rings. The number of hydrogen-bond acceptors (Lipinski definition) is 4. The van der Waals surface area contributed by atoms with Crippen LogP contribution >= 0.6 is 11.6 Å². The summed E-state index contributed by atoms with van der Waals surface area (Å²) in [4.78, 5) is 7.78. The molecule has 0 aliphatic heterocycles. The average Bonchev–Trinajstić information content (AvgIpc) is 2.34. The summed E-state index contributed by atoms with van der Waals surface area (Å²) < 4.78 is 5.77. The molecular weight excluding hydrogens is 250 g/mol. The molecule has 0 aliphatic rings. The second-order valence-corrected chi connectivity index (χ2v) is 4.49. The van der Waals surface area contributed by atoms with Crippen molar-refractivity contribution >= 4 is 17.3 Å². The van der Waals surface area contributed by atoms with E-state index in [0.717, 1.165) is 22.4 Å². The first kappa shape index (κ1) is 12.6. The Kier molecular flexibility index (Phi) is 3.39. The number of anilines is 1. The van der Waals surface area contributed by atoms with Gasteiger partial charge in [0.15, 0.2) is 0 Å². The highest BCUT2D eigenvalue weighted by Gasteiger charge is 2.11. The van der Waals surface area contributed by atoms with Gasteiger partial charge in [-0.25, -0.2) is 4.98 Å². The van der Waals surface area contributed by atoms with Crippen molar-refractivity contribution in [2.24, 2.45) is 0 Å². The number of nitrogens with two attached hydrogens (primary N) is 1. The third-order valence-corrected chi connectivity index (χ3v) is 3.01. The fourth-order valence-corrected chi connectivity index (χ4v) is 1.74. The van der Waals surface area contributed by atoms with E-state index in [-0.39, 0.29) is 11.2 Å². The molecule has 5 heteroatoms. The minimum atomic E-state index is 0.113. The number of nitrogens with zero attached hydrogens (tertiary/aromatic N) is 2. The van der Waals surface area contributed by atoms with Gasteiger partial charge in [0.25, 0.3) is 0 Å². The molecule has 2 N–H and O–H groups in total. The minimum Gasteiger partial charge on any atom is -0.436 e. The zero-order chi connectivity index (χ0) is 13.3. The first-order chi connectivity index (χ1) is 8.49. The zero-order valence-corrected chi connectivity index (χ0v) is 11.2. The standard InChI is InChI=1S/C13H14ClN3O/c1-7-4-5-8(2)11(9(7)3)18-12-10(15)6-16-13(14)17-12/h4-6H,15H2,1-3H3. The molecule has 0 amide bonds. The van der Waals surface area contributed by atoms with E-state index in [2.05, 4.69) is 9.97 Å². The van der Waals surface area contributed by atoms with Crippen molar-refractivity contribution in [1.29, 1.82) is 0 Å². The van der Waals surface area contributed by atoms with Crippen LogP contribution < -0.4 is 10.5 Å². The van der Waals surface area contributed by atoms with Gasteiger partial charge in [-0.05, 0) is 49.1 Å². The number of halogens is 1. The zero-order valence-electron chi connectivity index (χ0n) is 10.5. The van der Waals surface area contributed by atoms with Crippen LogP contribution in [0.5, 0.6) is 11.6 Å². The van der Waals surface area contributed by atoms with E-state index in [4.69, 9.17) is 22.1 Å². The normalized spacial score (nSPS) is 10.4. The van der Waals surface area contributed by atoms with Gasteiger partial charge in [-0.15, -0.1) is 0 Å². The molecule has 0 atom stereocenters. The smallest absolute Gasteiger partial charge is 0.247 e. The van der Waals surface area contributed by atoms with E-state index in [1.54, 1.807) is 0 Å². The van der Waals surface area contributed by atoms with E-state index >= 15 is 0 Å². The molecule has 0 bridgehead atoms. The lowest BCUT2D eigenvalue weighted by atomic mass is 10.1. The summed E-state index contributed by atoms with van der Waals surface area (Å²) in [7, 11) is 0.